The number of aromatic nitrogens is 3. The number of rotatable bonds is 7. The van der Waals surface area contributed by atoms with Crippen molar-refractivity contribution in [2.24, 2.45) is 5.92 Å². The third-order valence-corrected chi connectivity index (χ3v) is 6.62. The van der Waals surface area contributed by atoms with E-state index in [0.29, 0.717) is 33.4 Å². The predicted octanol–water partition coefficient (Wildman–Crippen LogP) is 4.40. The number of hydrogen-bond donors (Lipinski definition) is 1. The standard InChI is InChI=1S/C22H22N4O3S2/c1-13(2)11-26-21(28)19-18(16-8-5-9-23-20(16)31-19)25-22(26)30-12-17(27)24-14-6-4-7-15(10-14)29-3/h4-10,13H,11-12H2,1-3H3,(H,24,27). The fraction of sp³-hybridized carbons (Fsp3) is 0.273. The second-order valence-electron chi connectivity index (χ2n) is 7.41. The molecule has 1 N–H and O–H groups in total. The molecule has 7 nitrogen and oxygen atoms in total. The van der Waals surface area contributed by atoms with Crippen molar-refractivity contribution in [3.8, 4) is 5.75 Å². The number of pyridine rings is 1. The Morgan fingerprint density at radius 3 is 2.90 bits per heavy atom. The van der Waals surface area contributed by atoms with E-state index in [1.54, 1.807) is 30.0 Å². The minimum absolute atomic E-state index is 0.0857. The van der Waals surface area contributed by atoms with Gasteiger partial charge in [0.1, 0.15) is 15.3 Å². The van der Waals surface area contributed by atoms with Crippen LogP contribution in [0.3, 0.4) is 0 Å². The summed E-state index contributed by atoms with van der Waals surface area (Å²) in [5, 5.41) is 4.26. The fourth-order valence-electron chi connectivity index (χ4n) is 3.21. The van der Waals surface area contributed by atoms with E-state index in [9.17, 15) is 9.59 Å². The summed E-state index contributed by atoms with van der Waals surface area (Å²) in [5.41, 5.74) is 1.22. The van der Waals surface area contributed by atoms with E-state index in [1.807, 2.05) is 38.1 Å². The molecular weight excluding hydrogens is 432 g/mol. The van der Waals surface area contributed by atoms with Crippen molar-refractivity contribution in [2.75, 3.05) is 18.2 Å². The van der Waals surface area contributed by atoms with Crippen molar-refractivity contribution in [1.82, 2.24) is 14.5 Å². The van der Waals surface area contributed by atoms with Crippen LogP contribution in [0.25, 0.3) is 20.4 Å². The summed E-state index contributed by atoms with van der Waals surface area (Å²) < 4.78 is 7.46. The van der Waals surface area contributed by atoms with Crippen molar-refractivity contribution >= 4 is 55.1 Å². The highest BCUT2D eigenvalue weighted by molar-refractivity contribution is 7.99. The molecule has 31 heavy (non-hydrogen) atoms. The van der Waals surface area contributed by atoms with Gasteiger partial charge in [0.05, 0.1) is 18.4 Å². The van der Waals surface area contributed by atoms with Gasteiger partial charge in [-0.15, -0.1) is 11.3 Å². The molecule has 3 aromatic heterocycles. The molecule has 0 unspecified atom stereocenters. The number of carbonyl (C=O) groups is 1. The summed E-state index contributed by atoms with van der Waals surface area (Å²) in [7, 11) is 1.58. The monoisotopic (exact) mass is 454 g/mol. The Kier molecular flexibility index (Phi) is 6.24. The molecule has 0 fully saturated rings. The summed E-state index contributed by atoms with van der Waals surface area (Å²) in [6.45, 7) is 4.63. The molecule has 0 bridgehead atoms. The Labute approximate surface area is 187 Å². The summed E-state index contributed by atoms with van der Waals surface area (Å²) in [6, 6.07) is 10.9. The number of amides is 1. The number of benzene rings is 1. The highest BCUT2D eigenvalue weighted by Gasteiger charge is 2.18. The summed E-state index contributed by atoms with van der Waals surface area (Å²) in [4.78, 5) is 35.7. The van der Waals surface area contributed by atoms with Crippen LogP contribution in [0.4, 0.5) is 5.69 Å². The maximum atomic E-state index is 13.2. The van der Waals surface area contributed by atoms with E-state index in [2.05, 4.69) is 10.3 Å². The van der Waals surface area contributed by atoms with Crippen LogP contribution in [0.2, 0.25) is 0 Å². The molecule has 0 aliphatic carbocycles. The van der Waals surface area contributed by atoms with Crippen LogP contribution < -0.4 is 15.6 Å². The highest BCUT2D eigenvalue weighted by atomic mass is 32.2. The van der Waals surface area contributed by atoms with Crippen LogP contribution >= 0.6 is 23.1 Å². The molecule has 3 heterocycles. The Bertz CT molecular complexity index is 1310. The average molecular weight is 455 g/mol. The van der Waals surface area contributed by atoms with E-state index >= 15 is 0 Å². The second-order valence-corrected chi connectivity index (χ2v) is 9.35. The first-order chi connectivity index (χ1) is 15.0. The molecule has 0 saturated heterocycles. The molecular formula is C22H22N4O3S2. The van der Waals surface area contributed by atoms with E-state index in [-0.39, 0.29) is 23.1 Å². The van der Waals surface area contributed by atoms with Crippen molar-refractivity contribution in [3.05, 3.63) is 52.9 Å². The lowest BCUT2D eigenvalue weighted by Gasteiger charge is -2.14. The van der Waals surface area contributed by atoms with Crippen LogP contribution in [0.5, 0.6) is 5.75 Å². The Hall–Kier alpha value is -2.91. The lowest BCUT2D eigenvalue weighted by Crippen LogP contribution is -2.25. The Morgan fingerprint density at radius 2 is 2.13 bits per heavy atom. The minimum atomic E-state index is -0.180. The normalized spacial score (nSPS) is 11.4. The van der Waals surface area contributed by atoms with Gasteiger partial charge < -0.3 is 10.1 Å². The number of hydrogen-bond acceptors (Lipinski definition) is 7. The van der Waals surface area contributed by atoms with Crippen molar-refractivity contribution in [1.29, 1.82) is 0 Å². The minimum Gasteiger partial charge on any atom is -0.497 e. The molecule has 0 aliphatic heterocycles. The van der Waals surface area contributed by atoms with Gasteiger partial charge >= 0.3 is 0 Å². The van der Waals surface area contributed by atoms with E-state index < -0.39 is 0 Å². The molecule has 0 saturated carbocycles. The number of methoxy groups -OCH3 is 1. The van der Waals surface area contributed by atoms with E-state index in [4.69, 9.17) is 9.72 Å². The van der Waals surface area contributed by atoms with Crippen LogP contribution in [-0.4, -0.2) is 33.3 Å². The third kappa shape index (κ3) is 4.57. The SMILES string of the molecule is COc1cccc(NC(=O)CSc2nc3c(sc4ncccc43)c(=O)n2CC(C)C)c1. The average Bonchev–Trinajstić information content (AvgIpc) is 3.13. The number of nitrogens with one attached hydrogen (secondary N) is 1. The topological polar surface area (TPSA) is 86.1 Å². The second kappa shape index (κ2) is 9.07. The zero-order valence-corrected chi connectivity index (χ0v) is 19.0. The molecule has 0 aliphatic rings. The molecule has 0 radical (unpaired) electrons. The van der Waals surface area contributed by atoms with Crippen molar-refractivity contribution in [2.45, 2.75) is 25.5 Å². The molecule has 160 valence electrons. The van der Waals surface area contributed by atoms with Gasteiger partial charge in [-0.3, -0.25) is 14.2 Å². The lowest BCUT2D eigenvalue weighted by atomic mass is 10.2. The van der Waals surface area contributed by atoms with Gasteiger partial charge in [0.15, 0.2) is 5.16 Å². The highest BCUT2D eigenvalue weighted by Crippen LogP contribution is 2.30. The molecule has 1 amide bonds. The Morgan fingerprint density at radius 1 is 1.29 bits per heavy atom. The smallest absolute Gasteiger partial charge is 0.272 e. The molecule has 9 heteroatoms. The van der Waals surface area contributed by atoms with Crippen molar-refractivity contribution in [3.63, 3.8) is 0 Å². The first-order valence-corrected chi connectivity index (χ1v) is 11.6. The number of fused-ring (bicyclic) bond motifs is 3. The van der Waals surface area contributed by atoms with Crippen LogP contribution in [0.1, 0.15) is 13.8 Å². The zero-order chi connectivity index (χ0) is 22.0. The number of anilines is 1. The van der Waals surface area contributed by atoms with Gasteiger partial charge in [0.2, 0.25) is 5.91 Å². The molecule has 4 rings (SSSR count). The predicted molar refractivity (Wildman–Crippen MR) is 126 cm³/mol. The number of ether oxygens (including phenoxy) is 1. The largest absolute Gasteiger partial charge is 0.497 e. The summed E-state index contributed by atoms with van der Waals surface area (Å²) in [6.07, 6.45) is 1.71. The van der Waals surface area contributed by atoms with Crippen LogP contribution in [0, 0.1) is 5.92 Å². The van der Waals surface area contributed by atoms with E-state index in [1.165, 1.54) is 23.1 Å². The van der Waals surface area contributed by atoms with Gasteiger partial charge in [-0.05, 0) is 30.2 Å². The molecule has 4 aromatic rings. The quantitative estimate of drug-likeness (QED) is 0.329. The molecule has 1 aromatic carbocycles. The van der Waals surface area contributed by atoms with Gasteiger partial charge in [-0.25, -0.2) is 9.97 Å². The number of nitrogens with zero attached hydrogens (tertiary/aromatic N) is 3. The number of carbonyl (C=O) groups excluding carboxylic acids is 1. The van der Waals surface area contributed by atoms with Crippen molar-refractivity contribution < 1.29 is 9.53 Å². The zero-order valence-electron chi connectivity index (χ0n) is 17.4. The summed E-state index contributed by atoms with van der Waals surface area (Å²) in [5.74, 6) is 0.879. The summed E-state index contributed by atoms with van der Waals surface area (Å²) >= 11 is 2.62. The van der Waals surface area contributed by atoms with Gasteiger partial charge in [0, 0.05) is 29.9 Å². The third-order valence-electron chi connectivity index (χ3n) is 4.55. The molecule has 0 spiro atoms. The first-order valence-electron chi connectivity index (χ1n) is 9.81. The van der Waals surface area contributed by atoms with Gasteiger partial charge in [-0.1, -0.05) is 31.7 Å². The van der Waals surface area contributed by atoms with Crippen LogP contribution in [-0.2, 0) is 11.3 Å². The Balaban J connectivity index is 1.64. The van der Waals surface area contributed by atoms with Gasteiger partial charge in [0.25, 0.3) is 5.56 Å². The van der Waals surface area contributed by atoms with Gasteiger partial charge in [-0.2, -0.15) is 0 Å². The molecule has 0 atom stereocenters. The maximum absolute atomic E-state index is 13.2. The first kappa shape index (κ1) is 21.3. The number of thioether (sulfide) groups is 1. The van der Waals surface area contributed by atoms with Crippen LogP contribution in [0.15, 0.2) is 52.5 Å². The maximum Gasteiger partial charge on any atom is 0.272 e. The van der Waals surface area contributed by atoms with E-state index in [0.717, 1.165) is 10.2 Å². The fourth-order valence-corrected chi connectivity index (χ4v) is 5.04. The number of thiophene rings is 1. The lowest BCUT2D eigenvalue weighted by molar-refractivity contribution is -0.113.